The van der Waals surface area contributed by atoms with Crippen LogP contribution in [-0.2, 0) is 10.9 Å². The van der Waals surface area contributed by atoms with Crippen molar-refractivity contribution in [1.29, 1.82) is 0 Å². The van der Waals surface area contributed by atoms with E-state index in [9.17, 15) is 13.2 Å². The molecule has 0 bridgehead atoms. The van der Waals surface area contributed by atoms with E-state index in [1.54, 1.807) is 7.05 Å². The first-order valence-electron chi connectivity index (χ1n) is 6.10. The van der Waals surface area contributed by atoms with Crippen molar-refractivity contribution in [2.45, 2.75) is 12.6 Å². The number of alkyl halides is 3. The van der Waals surface area contributed by atoms with E-state index in [0.29, 0.717) is 32.1 Å². The van der Waals surface area contributed by atoms with Crippen LogP contribution in [-0.4, -0.2) is 38.3 Å². The fraction of sp³-hybridized carbons (Fsp3) is 0.583. The van der Waals surface area contributed by atoms with E-state index in [0.717, 1.165) is 18.6 Å². The molecule has 106 valence electrons. The van der Waals surface area contributed by atoms with Gasteiger partial charge in [-0.1, -0.05) is 0 Å². The molecule has 1 aromatic heterocycles. The second kappa shape index (κ2) is 5.64. The molecule has 4 nitrogen and oxygen atoms in total. The van der Waals surface area contributed by atoms with Crippen molar-refractivity contribution in [3.05, 3.63) is 17.7 Å². The molecule has 7 heteroatoms. The second-order valence-corrected chi connectivity index (χ2v) is 4.30. The Balaban J connectivity index is 2.33. The number of halogens is 3. The van der Waals surface area contributed by atoms with Gasteiger partial charge in [0.05, 0.1) is 12.2 Å². The summed E-state index contributed by atoms with van der Waals surface area (Å²) in [5, 5.41) is 2.67. The van der Waals surface area contributed by atoms with E-state index in [4.69, 9.17) is 4.74 Å². The molecule has 0 saturated carbocycles. The van der Waals surface area contributed by atoms with Gasteiger partial charge in [0.25, 0.3) is 0 Å². The van der Waals surface area contributed by atoms with Crippen molar-refractivity contribution in [2.75, 3.05) is 43.6 Å². The molecule has 0 spiro atoms. The predicted molar refractivity (Wildman–Crippen MR) is 66.4 cm³/mol. The number of hydrogen-bond donors (Lipinski definition) is 1. The van der Waals surface area contributed by atoms with Crippen LogP contribution in [0.5, 0.6) is 0 Å². The van der Waals surface area contributed by atoms with Crippen LogP contribution in [0, 0.1) is 0 Å². The summed E-state index contributed by atoms with van der Waals surface area (Å²) in [6.07, 6.45) is -3.58. The molecule has 1 N–H and O–H groups in total. The highest BCUT2D eigenvalue weighted by Gasteiger charge is 2.32. The fourth-order valence-corrected chi connectivity index (χ4v) is 1.94. The van der Waals surface area contributed by atoms with Gasteiger partial charge in [-0.05, 0) is 18.6 Å². The van der Waals surface area contributed by atoms with Crippen molar-refractivity contribution in [1.82, 2.24) is 4.98 Å². The number of aromatic nitrogens is 1. The van der Waals surface area contributed by atoms with Crippen molar-refractivity contribution < 1.29 is 17.9 Å². The smallest absolute Gasteiger partial charge is 0.380 e. The average Bonchev–Trinajstić information content (AvgIpc) is 2.66. The van der Waals surface area contributed by atoms with Gasteiger partial charge in [-0.2, -0.15) is 13.2 Å². The number of ether oxygens (including phenoxy) is 1. The third-order valence-electron chi connectivity index (χ3n) is 2.94. The zero-order valence-electron chi connectivity index (χ0n) is 10.6. The van der Waals surface area contributed by atoms with Crippen molar-refractivity contribution in [3.8, 4) is 0 Å². The summed E-state index contributed by atoms with van der Waals surface area (Å²) in [7, 11) is 1.55. The molecule has 0 radical (unpaired) electrons. The van der Waals surface area contributed by atoms with Crippen LogP contribution in [0.2, 0.25) is 0 Å². The van der Waals surface area contributed by atoms with Crippen LogP contribution >= 0.6 is 0 Å². The molecule has 19 heavy (non-hydrogen) atoms. The molecule has 2 heterocycles. The van der Waals surface area contributed by atoms with E-state index in [1.165, 1.54) is 0 Å². The van der Waals surface area contributed by atoms with Crippen LogP contribution in [0.1, 0.15) is 12.0 Å². The van der Waals surface area contributed by atoms with Gasteiger partial charge in [-0.15, -0.1) is 0 Å². The van der Waals surface area contributed by atoms with Crippen molar-refractivity contribution >= 4 is 11.6 Å². The fourth-order valence-electron chi connectivity index (χ4n) is 1.94. The Bertz CT molecular complexity index is 429. The molecular weight excluding hydrogens is 259 g/mol. The van der Waals surface area contributed by atoms with Crippen LogP contribution < -0.4 is 10.2 Å². The van der Waals surface area contributed by atoms with E-state index < -0.39 is 11.7 Å². The lowest BCUT2D eigenvalue weighted by Crippen LogP contribution is -2.27. The van der Waals surface area contributed by atoms with Crippen molar-refractivity contribution in [3.63, 3.8) is 0 Å². The predicted octanol–water partition coefficient (Wildman–Crippen LogP) is 2.37. The van der Waals surface area contributed by atoms with Crippen LogP contribution in [0.25, 0.3) is 0 Å². The summed E-state index contributed by atoms with van der Waals surface area (Å²) < 4.78 is 43.8. The van der Waals surface area contributed by atoms with E-state index in [-0.39, 0.29) is 5.82 Å². The minimum Gasteiger partial charge on any atom is -0.380 e. The molecule has 1 aliphatic heterocycles. The summed E-state index contributed by atoms with van der Waals surface area (Å²) in [5.74, 6) is 0.555. The summed E-state index contributed by atoms with van der Waals surface area (Å²) in [6.45, 7) is 2.34. The third-order valence-corrected chi connectivity index (χ3v) is 2.94. The maximum atomic E-state index is 12.8. The molecule has 1 fully saturated rings. The largest absolute Gasteiger partial charge is 0.416 e. The van der Waals surface area contributed by atoms with Gasteiger partial charge >= 0.3 is 6.18 Å². The van der Waals surface area contributed by atoms with Crippen LogP contribution in [0.15, 0.2) is 12.1 Å². The van der Waals surface area contributed by atoms with Gasteiger partial charge in [-0.3, -0.25) is 0 Å². The number of anilines is 2. The number of nitrogens with zero attached hydrogens (tertiary/aromatic N) is 2. The highest BCUT2D eigenvalue weighted by Crippen LogP contribution is 2.33. The normalized spacial score (nSPS) is 17.2. The molecule has 0 amide bonds. The molecular formula is C12H16F3N3O. The van der Waals surface area contributed by atoms with Gasteiger partial charge in [0.2, 0.25) is 0 Å². The Morgan fingerprint density at radius 3 is 2.74 bits per heavy atom. The quantitative estimate of drug-likeness (QED) is 0.899. The molecule has 0 unspecified atom stereocenters. The van der Waals surface area contributed by atoms with E-state index >= 15 is 0 Å². The summed E-state index contributed by atoms with van der Waals surface area (Å²) in [6, 6.07) is 2.10. The number of hydrogen-bond acceptors (Lipinski definition) is 4. The molecule has 2 rings (SSSR count). The first-order chi connectivity index (χ1) is 9.00. The maximum absolute atomic E-state index is 12.8. The minimum absolute atomic E-state index is 0.218. The van der Waals surface area contributed by atoms with Gasteiger partial charge in [0, 0.05) is 26.7 Å². The number of pyridine rings is 1. The van der Waals surface area contributed by atoms with Crippen LogP contribution in [0.4, 0.5) is 24.8 Å². The molecule has 0 atom stereocenters. The number of nitrogens with one attached hydrogen (secondary N) is 1. The molecule has 0 aliphatic carbocycles. The zero-order valence-corrected chi connectivity index (χ0v) is 10.6. The Morgan fingerprint density at radius 2 is 2.05 bits per heavy atom. The van der Waals surface area contributed by atoms with Gasteiger partial charge in [-0.25, -0.2) is 4.98 Å². The first kappa shape index (κ1) is 13.9. The monoisotopic (exact) mass is 275 g/mol. The lowest BCUT2D eigenvalue weighted by molar-refractivity contribution is -0.137. The highest BCUT2D eigenvalue weighted by atomic mass is 19.4. The molecule has 1 aromatic rings. The summed E-state index contributed by atoms with van der Waals surface area (Å²) in [5.41, 5.74) is -0.688. The summed E-state index contributed by atoms with van der Waals surface area (Å²) in [4.78, 5) is 6.01. The molecule has 1 aliphatic rings. The Labute approximate surface area is 109 Å². The van der Waals surface area contributed by atoms with E-state index in [1.807, 2.05) is 4.90 Å². The second-order valence-electron chi connectivity index (χ2n) is 4.30. The van der Waals surface area contributed by atoms with Gasteiger partial charge in [0.15, 0.2) is 0 Å². The van der Waals surface area contributed by atoms with Crippen molar-refractivity contribution in [2.24, 2.45) is 0 Å². The lowest BCUT2D eigenvalue weighted by atomic mass is 10.2. The van der Waals surface area contributed by atoms with E-state index in [2.05, 4.69) is 10.3 Å². The maximum Gasteiger partial charge on any atom is 0.416 e. The zero-order chi connectivity index (χ0) is 13.9. The molecule has 0 aromatic carbocycles. The lowest BCUT2D eigenvalue weighted by Gasteiger charge is -2.22. The third kappa shape index (κ3) is 3.50. The first-order valence-corrected chi connectivity index (χ1v) is 6.10. The van der Waals surface area contributed by atoms with Gasteiger partial charge in [0.1, 0.15) is 11.6 Å². The standard InChI is InChI=1S/C12H16F3N3O/c1-16-10-7-9(12(13,14)15)8-11(17-10)18-3-2-5-19-6-4-18/h7-8H,2-6H2,1H3,(H,16,17). The Kier molecular flexibility index (Phi) is 4.14. The summed E-state index contributed by atoms with van der Waals surface area (Å²) >= 11 is 0. The Morgan fingerprint density at radius 1 is 1.26 bits per heavy atom. The molecule has 1 saturated heterocycles. The van der Waals surface area contributed by atoms with Crippen LogP contribution in [0.3, 0.4) is 0 Å². The Hall–Kier alpha value is -1.50. The highest BCUT2D eigenvalue weighted by molar-refractivity contribution is 5.51. The van der Waals surface area contributed by atoms with Gasteiger partial charge < -0.3 is 15.0 Å². The topological polar surface area (TPSA) is 37.4 Å². The minimum atomic E-state index is -4.37. The SMILES string of the molecule is CNc1cc(C(F)(F)F)cc(N2CCCOCC2)n1. The number of rotatable bonds is 2. The average molecular weight is 275 g/mol.